The number of guanidine groups is 1. The van der Waals surface area contributed by atoms with Crippen LogP contribution in [0.25, 0.3) is 0 Å². The van der Waals surface area contributed by atoms with Crippen LogP contribution >= 0.6 is 0 Å². The minimum Gasteiger partial charge on any atom is -0.357 e. The smallest absolute Gasteiger partial charge is 0.251 e. The molecule has 1 aromatic rings. The quantitative estimate of drug-likeness (QED) is 0.495. The molecule has 3 rings (SSSR count). The standard InChI is InChI=1S/C19H28N4O/c1-2-20-18(23-14-11-19(15-23)9-6-10-19)22-13-12-21-17(24)16-7-4-3-5-8-16/h3-5,7-8H,2,6,9-15H2,1H3,(H,20,22)(H,21,24). The molecule has 1 saturated heterocycles. The fraction of sp³-hybridized carbons (Fsp3) is 0.579. The molecule has 2 aliphatic rings. The van der Waals surface area contributed by atoms with Crippen LogP contribution in [-0.2, 0) is 0 Å². The van der Waals surface area contributed by atoms with E-state index in [1.165, 1.54) is 25.7 Å². The van der Waals surface area contributed by atoms with Crippen LogP contribution in [0.1, 0.15) is 43.0 Å². The van der Waals surface area contributed by atoms with E-state index in [1.807, 2.05) is 30.3 Å². The van der Waals surface area contributed by atoms with Gasteiger partial charge in [0.05, 0.1) is 6.54 Å². The van der Waals surface area contributed by atoms with Crippen molar-refractivity contribution in [3.63, 3.8) is 0 Å². The lowest BCUT2D eigenvalue weighted by Crippen LogP contribution is -2.43. The van der Waals surface area contributed by atoms with E-state index in [9.17, 15) is 4.79 Å². The van der Waals surface area contributed by atoms with Gasteiger partial charge in [0.25, 0.3) is 5.91 Å². The Balaban J connectivity index is 1.48. The molecule has 1 amide bonds. The van der Waals surface area contributed by atoms with Crippen molar-refractivity contribution in [1.29, 1.82) is 0 Å². The number of nitrogens with one attached hydrogen (secondary N) is 2. The Morgan fingerprint density at radius 1 is 1.21 bits per heavy atom. The summed E-state index contributed by atoms with van der Waals surface area (Å²) in [4.78, 5) is 19.1. The molecular weight excluding hydrogens is 300 g/mol. The third-order valence-electron chi connectivity index (χ3n) is 5.18. The van der Waals surface area contributed by atoms with E-state index in [4.69, 9.17) is 4.99 Å². The molecule has 1 aromatic carbocycles. The lowest BCUT2D eigenvalue weighted by atomic mass is 9.68. The van der Waals surface area contributed by atoms with Crippen LogP contribution in [0.4, 0.5) is 0 Å². The average Bonchev–Trinajstić information content (AvgIpc) is 3.04. The Kier molecular flexibility index (Phi) is 5.38. The molecule has 5 heteroatoms. The van der Waals surface area contributed by atoms with Crippen molar-refractivity contribution in [2.45, 2.75) is 32.6 Å². The van der Waals surface area contributed by atoms with E-state index in [-0.39, 0.29) is 5.91 Å². The monoisotopic (exact) mass is 328 g/mol. The summed E-state index contributed by atoms with van der Waals surface area (Å²) in [5, 5.41) is 6.33. The number of amides is 1. The SMILES string of the molecule is CCNC(=NCCNC(=O)c1ccccc1)N1CCC2(CCC2)C1. The van der Waals surface area contributed by atoms with Crippen LogP contribution in [0.5, 0.6) is 0 Å². The summed E-state index contributed by atoms with van der Waals surface area (Å²) in [6, 6.07) is 9.31. The summed E-state index contributed by atoms with van der Waals surface area (Å²) in [6.07, 6.45) is 5.42. The van der Waals surface area contributed by atoms with Gasteiger partial charge in [-0.2, -0.15) is 0 Å². The summed E-state index contributed by atoms with van der Waals surface area (Å²) < 4.78 is 0. The van der Waals surface area contributed by atoms with Crippen molar-refractivity contribution in [3.8, 4) is 0 Å². The van der Waals surface area contributed by atoms with Gasteiger partial charge in [-0.25, -0.2) is 0 Å². The number of carbonyl (C=O) groups excluding carboxylic acids is 1. The second kappa shape index (κ2) is 7.69. The third kappa shape index (κ3) is 3.89. The third-order valence-corrected chi connectivity index (χ3v) is 5.18. The van der Waals surface area contributed by atoms with Crippen LogP contribution < -0.4 is 10.6 Å². The molecule has 0 bridgehead atoms. The highest BCUT2D eigenvalue weighted by Crippen LogP contribution is 2.47. The molecular formula is C19H28N4O. The number of hydrogen-bond acceptors (Lipinski definition) is 2. The zero-order valence-electron chi connectivity index (χ0n) is 14.6. The molecule has 0 radical (unpaired) electrons. The van der Waals surface area contributed by atoms with Gasteiger partial charge in [0.15, 0.2) is 5.96 Å². The molecule has 2 fully saturated rings. The Bertz CT molecular complexity index is 580. The first kappa shape index (κ1) is 16.8. The van der Waals surface area contributed by atoms with E-state index < -0.39 is 0 Å². The number of rotatable bonds is 5. The highest BCUT2D eigenvalue weighted by molar-refractivity contribution is 5.94. The number of carbonyl (C=O) groups is 1. The Morgan fingerprint density at radius 3 is 2.62 bits per heavy atom. The van der Waals surface area contributed by atoms with Crippen molar-refractivity contribution < 1.29 is 4.79 Å². The average molecular weight is 328 g/mol. The zero-order valence-corrected chi connectivity index (χ0v) is 14.6. The Labute approximate surface area is 144 Å². The van der Waals surface area contributed by atoms with Gasteiger partial charge in [-0.3, -0.25) is 9.79 Å². The van der Waals surface area contributed by atoms with E-state index in [0.717, 1.165) is 25.6 Å². The topological polar surface area (TPSA) is 56.7 Å². The highest BCUT2D eigenvalue weighted by Gasteiger charge is 2.43. The molecule has 1 aliphatic carbocycles. The fourth-order valence-electron chi connectivity index (χ4n) is 3.65. The van der Waals surface area contributed by atoms with E-state index >= 15 is 0 Å². The molecule has 1 saturated carbocycles. The van der Waals surface area contributed by atoms with Crippen molar-refractivity contribution in [2.75, 3.05) is 32.7 Å². The fourth-order valence-corrected chi connectivity index (χ4v) is 3.65. The normalized spacial score (nSPS) is 19.2. The van der Waals surface area contributed by atoms with Crippen molar-refractivity contribution in [3.05, 3.63) is 35.9 Å². The number of aliphatic imine (C=N–C) groups is 1. The molecule has 1 spiro atoms. The van der Waals surface area contributed by atoms with Gasteiger partial charge < -0.3 is 15.5 Å². The van der Waals surface area contributed by atoms with Crippen LogP contribution in [0.2, 0.25) is 0 Å². The lowest BCUT2D eigenvalue weighted by molar-refractivity contribution is 0.0955. The summed E-state index contributed by atoms with van der Waals surface area (Å²) in [5.74, 6) is 0.959. The zero-order chi connectivity index (χ0) is 16.8. The first-order chi connectivity index (χ1) is 11.7. The molecule has 5 nitrogen and oxygen atoms in total. The van der Waals surface area contributed by atoms with Gasteiger partial charge in [0, 0.05) is 31.7 Å². The minimum absolute atomic E-state index is 0.0367. The molecule has 1 aliphatic heterocycles. The highest BCUT2D eigenvalue weighted by atomic mass is 16.1. The molecule has 1 heterocycles. The molecule has 130 valence electrons. The number of hydrogen-bond donors (Lipinski definition) is 2. The van der Waals surface area contributed by atoms with Crippen molar-refractivity contribution in [2.24, 2.45) is 10.4 Å². The largest absolute Gasteiger partial charge is 0.357 e. The Hall–Kier alpha value is -2.04. The van der Waals surface area contributed by atoms with Gasteiger partial charge in [0.2, 0.25) is 0 Å². The van der Waals surface area contributed by atoms with Gasteiger partial charge >= 0.3 is 0 Å². The molecule has 0 atom stereocenters. The molecule has 2 N–H and O–H groups in total. The van der Waals surface area contributed by atoms with Crippen molar-refractivity contribution in [1.82, 2.24) is 15.5 Å². The lowest BCUT2D eigenvalue weighted by Gasteiger charge is -2.38. The van der Waals surface area contributed by atoms with Crippen LogP contribution in [0.15, 0.2) is 35.3 Å². The van der Waals surface area contributed by atoms with Gasteiger partial charge in [-0.15, -0.1) is 0 Å². The maximum Gasteiger partial charge on any atom is 0.251 e. The van der Waals surface area contributed by atoms with E-state index in [2.05, 4.69) is 22.5 Å². The van der Waals surface area contributed by atoms with Crippen molar-refractivity contribution >= 4 is 11.9 Å². The predicted molar refractivity (Wildman–Crippen MR) is 97.2 cm³/mol. The minimum atomic E-state index is -0.0367. The molecule has 0 unspecified atom stereocenters. The van der Waals surface area contributed by atoms with Gasteiger partial charge in [-0.05, 0) is 43.7 Å². The van der Waals surface area contributed by atoms with Crippen LogP contribution in [0, 0.1) is 5.41 Å². The second-order valence-corrected chi connectivity index (χ2v) is 6.88. The summed E-state index contributed by atoms with van der Waals surface area (Å²) in [7, 11) is 0. The number of likely N-dealkylation sites (tertiary alicyclic amines) is 1. The number of nitrogens with zero attached hydrogens (tertiary/aromatic N) is 2. The van der Waals surface area contributed by atoms with Crippen LogP contribution in [-0.4, -0.2) is 49.5 Å². The van der Waals surface area contributed by atoms with Gasteiger partial charge in [0.1, 0.15) is 0 Å². The second-order valence-electron chi connectivity index (χ2n) is 6.88. The van der Waals surface area contributed by atoms with E-state index in [1.54, 1.807) is 0 Å². The first-order valence-corrected chi connectivity index (χ1v) is 9.09. The van der Waals surface area contributed by atoms with Crippen LogP contribution in [0.3, 0.4) is 0 Å². The van der Waals surface area contributed by atoms with E-state index in [0.29, 0.717) is 24.1 Å². The number of benzene rings is 1. The Morgan fingerprint density at radius 2 is 2.00 bits per heavy atom. The maximum absolute atomic E-state index is 12.0. The van der Waals surface area contributed by atoms with Gasteiger partial charge in [-0.1, -0.05) is 24.6 Å². The molecule has 24 heavy (non-hydrogen) atoms. The summed E-state index contributed by atoms with van der Waals surface area (Å²) in [6.45, 7) is 6.37. The summed E-state index contributed by atoms with van der Waals surface area (Å²) >= 11 is 0. The summed E-state index contributed by atoms with van der Waals surface area (Å²) in [5.41, 5.74) is 1.26. The molecule has 0 aromatic heterocycles. The predicted octanol–water partition coefficient (Wildman–Crippen LogP) is 2.26. The first-order valence-electron chi connectivity index (χ1n) is 9.09. The maximum atomic E-state index is 12.0.